The number of nitrogens with two attached hydrogens (primary N) is 1. The third kappa shape index (κ3) is 8.53. The smallest absolute Gasteiger partial charge is 0.0450 e. The Morgan fingerprint density at radius 1 is 1.20 bits per heavy atom. The van der Waals surface area contributed by atoms with E-state index in [4.69, 9.17) is 5.14 Å². The normalized spacial score (nSPS) is 15.4. The van der Waals surface area contributed by atoms with Crippen molar-refractivity contribution in [3.05, 3.63) is 0 Å². The quantitative estimate of drug-likeness (QED) is 0.661. The Balaban J connectivity index is 3.56. The van der Waals surface area contributed by atoms with Crippen molar-refractivity contribution in [1.82, 2.24) is 0 Å². The summed E-state index contributed by atoms with van der Waals surface area (Å²) in [5.41, 5.74) is 0. The number of hydrogen-bond acceptors (Lipinski definition) is 1. The van der Waals surface area contributed by atoms with Crippen LogP contribution in [0.3, 0.4) is 0 Å². The molecule has 1 nitrogen and oxygen atoms in total. The van der Waals surface area contributed by atoms with Gasteiger partial charge in [0.05, 0.1) is 0 Å². The van der Waals surface area contributed by atoms with Crippen LogP contribution in [0.5, 0.6) is 0 Å². The zero-order chi connectivity index (χ0) is 8.41. The van der Waals surface area contributed by atoms with E-state index in [1.54, 1.807) is 0 Å². The van der Waals surface area contributed by atoms with Crippen LogP contribution in [0, 0.1) is 0 Å². The van der Waals surface area contributed by atoms with Gasteiger partial charge in [0.25, 0.3) is 0 Å². The summed E-state index contributed by atoms with van der Waals surface area (Å²) in [5, 5.41) is 5.95. The lowest BCUT2D eigenvalue weighted by Crippen LogP contribution is -2.24. The largest absolute Gasteiger partial charge is 0.295 e. The topological polar surface area (TPSA) is 26.0 Å². The standard InChI is InChI=1S/C7H21NSSi/c1-9(2,8)6-7-10(3,4)5/h6-8H2,1-5H3. The summed E-state index contributed by atoms with van der Waals surface area (Å²) in [6, 6.07) is 1.38. The first-order valence-corrected chi connectivity index (χ1v) is 10.1. The van der Waals surface area contributed by atoms with Crippen molar-refractivity contribution in [2.24, 2.45) is 5.14 Å². The van der Waals surface area contributed by atoms with E-state index in [0.29, 0.717) is 0 Å². The van der Waals surface area contributed by atoms with Gasteiger partial charge in [-0.15, -0.1) is 0 Å². The van der Waals surface area contributed by atoms with Crippen LogP contribution in [0.2, 0.25) is 25.7 Å². The second-order valence-corrected chi connectivity index (χ2v) is 13.9. The molecule has 2 N–H and O–H groups in total. The SMILES string of the molecule is C[Si](C)(C)CCS(C)(C)N. The van der Waals surface area contributed by atoms with Crippen LogP contribution in [0.25, 0.3) is 0 Å². The van der Waals surface area contributed by atoms with Crippen molar-refractivity contribution in [3.63, 3.8) is 0 Å². The Kier molecular flexibility index (Phi) is 3.46. The van der Waals surface area contributed by atoms with E-state index >= 15 is 0 Å². The zero-order valence-corrected chi connectivity index (χ0v) is 9.72. The summed E-state index contributed by atoms with van der Waals surface area (Å²) in [6.07, 6.45) is 4.38. The summed E-state index contributed by atoms with van der Waals surface area (Å²) in [5.74, 6) is 1.25. The Morgan fingerprint density at radius 2 is 1.60 bits per heavy atom. The van der Waals surface area contributed by atoms with E-state index in [1.807, 2.05) is 0 Å². The highest BCUT2D eigenvalue weighted by atomic mass is 32.3. The lowest BCUT2D eigenvalue weighted by molar-refractivity contribution is 1.35. The average molecular weight is 179 g/mol. The molecule has 0 amide bonds. The predicted molar refractivity (Wildman–Crippen MR) is 56.6 cm³/mol. The molecule has 0 atom stereocenters. The highest BCUT2D eigenvalue weighted by molar-refractivity contribution is 8.30. The first-order chi connectivity index (χ1) is 4.21. The lowest BCUT2D eigenvalue weighted by atomic mass is 10.9. The minimum atomic E-state index is -0.826. The zero-order valence-electron chi connectivity index (χ0n) is 7.90. The third-order valence-corrected chi connectivity index (χ3v) is 4.75. The molecule has 0 heterocycles. The number of rotatable bonds is 3. The third-order valence-electron chi connectivity index (χ3n) is 1.38. The summed E-state index contributed by atoms with van der Waals surface area (Å²) in [7, 11) is -1.55. The average Bonchev–Trinajstić information content (AvgIpc) is 1.57. The number of hydrogen-bond donors (Lipinski definition) is 1. The fourth-order valence-corrected chi connectivity index (χ4v) is 5.12. The summed E-state index contributed by atoms with van der Waals surface area (Å²) < 4.78 is 0. The van der Waals surface area contributed by atoms with E-state index in [0.717, 1.165) is 0 Å². The molecule has 0 fully saturated rings. The van der Waals surface area contributed by atoms with Gasteiger partial charge in [-0.2, -0.15) is 10.2 Å². The van der Waals surface area contributed by atoms with Crippen LogP contribution in [0.15, 0.2) is 0 Å². The molecule has 10 heavy (non-hydrogen) atoms. The maximum Gasteiger partial charge on any atom is 0.0450 e. The molecule has 0 saturated heterocycles. The minimum absolute atomic E-state index is 0.723. The second kappa shape index (κ2) is 3.28. The summed E-state index contributed by atoms with van der Waals surface area (Å²) in [4.78, 5) is 0. The second-order valence-electron chi connectivity index (χ2n) is 4.64. The Labute approximate surface area is 67.8 Å². The van der Waals surface area contributed by atoms with Gasteiger partial charge < -0.3 is 0 Å². The fraction of sp³-hybridized carbons (Fsp3) is 1.00. The van der Waals surface area contributed by atoms with Crippen LogP contribution < -0.4 is 5.14 Å². The molecule has 0 rings (SSSR count). The molecule has 0 aromatic heterocycles. The molecule has 0 radical (unpaired) electrons. The van der Waals surface area contributed by atoms with Gasteiger partial charge in [-0.1, -0.05) is 19.6 Å². The van der Waals surface area contributed by atoms with Crippen molar-refractivity contribution in [3.8, 4) is 0 Å². The van der Waals surface area contributed by atoms with Gasteiger partial charge in [-0.05, 0) is 24.3 Å². The minimum Gasteiger partial charge on any atom is -0.295 e. The molecule has 0 aliphatic rings. The highest BCUT2D eigenvalue weighted by Crippen LogP contribution is 2.32. The van der Waals surface area contributed by atoms with Gasteiger partial charge >= 0.3 is 0 Å². The fourth-order valence-electron chi connectivity index (χ4n) is 0.569. The van der Waals surface area contributed by atoms with Crippen LogP contribution >= 0.6 is 10.2 Å². The maximum atomic E-state index is 5.95. The molecule has 0 bridgehead atoms. The Morgan fingerprint density at radius 3 is 1.70 bits per heavy atom. The Hall–Kier alpha value is 0.527. The van der Waals surface area contributed by atoms with Crippen molar-refractivity contribution in [2.75, 3.05) is 18.3 Å². The van der Waals surface area contributed by atoms with Crippen LogP contribution in [0.4, 0.5) is 0 Å². The van der Waals surface area contributed by atoms with E-state index in [-0.39, 0.29) is 0 Å². The summed E-state index contributed by atoms with van der Waals surface area (Å²) >= 11 is 0. The highest BCUT2D eigenvalue weighted by Gasteiger charge is 2.15. The molecular formula is C7H21NSSi. The van der Waals surface area contributed by atoms with E-state index < -0.39 is 18.3 Å². The maximum absolute atomic E-state index is 5.95. The van der Waals surface area contributed by atoms with Crippen LogP contribution in [0.1, 0.15) is 0 Å². The van der Waals surface area contributed by atoms with Crippen LogP contribution in [-0.2, 0) is 0 Å². The predicted octanol–water partition coefficient (Wildman–Crippen LogP) is 2.26. The molecule has 0 aromatic carbocycles. The molecule has 0 aliphatic carbocycles. The van der Waals surface area contributed by atoms with Crippen molar-refractivity contribution < 1.29 is 0 Å². The van der Waals surface area contributed by atoms with Gasteiger partial charge in [-0.3, -0.25) is 5.14 Å². The van der Waals surface area contributed by atoms with E-state index in [2.05, 4.69) is 32.2 Å². The van der Waals surface area contributed by atoms with E-state index in [1.165, 1.54) is 11.8 Å². The monoisotopic (exact) mass is 179 g/mol. The molecule has 64 valence electrons. The molecule has 0 spiro atoms. The first kappa shape index (κ1) is 10.5. The molecule has 0 saturated carbocycles. The molecule has 3 heteroatoms. The van der Waals surface area contributed by atoms with E-state index in [9.17, 15) is 0 Å². The van der Waals surface area contributed by atoms with Crippen molar-refractivity contribution >= 4 is 18.3 Å². The van der Waals surface area contributed by atoms with Crippen LogP contribution in [-0.4, -0.2) is 26.3 Å². The van der Waals surface area contributed by atoms with Gasteiger partial charge in [0.2, 0.25) is 0 Å². The Bertz CT molecular complexity index is 87.2. The first-order valence-electron chi connectivity index (χ1n) is 3.69. The molecule has 0 unspecified atom stereocenters. The molecular weight excluding hydrogens is 158 g/mol. The van der Waals surface area contributed by atoms with Gasteiger partial charge in [-0.25, -0.2) is 0 Å². The van der Waals surface area contributed by atoms with Crippen molar-refractivity contribution in [2.45, 2.75) is 25.7 Å². The lowest BCUT2D eigenvalue weighted by Gasteiger charge is -2.28. The molecule has 0 aromatic rings. The van der Waals surface area contributed by atoms with Gasteiger partial charge in [0.1, 0.15) is 0 Å². The van der Waals surface area contributed by atoms with Gasteiger partial charge in [0, 0.05) is 8.07 Å². The summed E-state index contributed by atoms with van der Waals surface area (Å²) in [6.45, 7) is 7.20. The van der Waals surface area contributed by atoms with Crippen molar-refractivity contribution in [1.29, 1.82) is 0 Å². The molecule has 0 aliphatic heterocycles. The van der Waals surface area contributed by atoms with Gasteiger partial charge in [0.15, 0.2) is 0 Å².